The molecule has 0 radical (unpaired) electrons. The Morgan fingerprint density at radius 3 is 2.67 bits per heavy atom. The quantitative estimate of drug-likeness (QED) is 0.410. The summed E-state index contributed by atoms with van der Waals surface area (Å²) in [4.78, 5) is 31.7. The number of benzene rings is 2. The number of rotatable bonds is 8. The zero-order chi connectivity index (χ0) is 29.0. The fourth-order valence-corrected chi connectivity index (χ4v) is 4.64. The normalized spacial score (nSPS) is 13.9. The molecular weight excluding hydrogens is 512 g/mol. The number of aliphatic hydroxyl groups is 1. The van der Waals surface area contributed by atoms with E-state index >= 15 is 0 Å². The van der Waals surface area contributed by atoms with Gasteiger partial charge in [0.1, 0.15) is 17.4 Å². The Labute approximate surface area is 233 Å². The molecule has 0 unspecified atom stereocenters. The predicted octanol–water partition coefficient (Wildman–Crippen LogP) is 4.29. The summed E-state index contributed by atoms with van der Waals surface area (Å²) in [6.45, 7) is 9.37. The first-order chi connectivity index (χ1) is 19.0. The van der Waals surface area contributed by atoms with Gasteiger partial charge in [-0.25, -0.2) is 0 Å². The molecule has 0 saturated heterocycles. The van der Waals surface area contributed by atoms with Crippen molar-refractivity contribution in [2.45, 2.75) is 65.7 Å². The Hall–Kier alpha value is -4.23. The standard InChI is InChI=1S/C30H34N4O6/c1-18(2)38-25-10-9-19(13-21(25)15-31)28-32-27(33-40-28)24-8-6-7-20-16-34(12-11-23(20)24)29(37)22(17-35)14-26(36)39-30(3,4)5/h6-10,13,18,22,35H,11-12,14,16-17H2,1-5H3/t22-/m0/s1. The Morgan fingerprint density at radius 1 is 1.23 bits per heavy atom. The summed E-state index contributed by atoms with van der Waals surface area (Å²) >= 11 is 0. The van der Waals surface area contributed by atoms with Crippen LogP contribution in [0.2, 0.25) is 0 Å². The fourth-order valence-electron chi connectivity index (χ4n) is 4.64. The van der Waals surface area contributed by atoms with Crippen LogP contribution in [0.15, 0.2) is 40.9 Å². The summed E-state index contributed by atoms with van der Waals surface area (Å²) in [5.74, 6) is -0.491. The molecule has 0 aliphatic carbocycles. The first-order valence-corrected chi connectivity index (χ1v) is 13.3. The molecule has 0 bridgehead atoms. The highest BCUT2D eigenvalue weighted by molar-refractivity contribution is 5.84. The van der Waals surface area contributed by atoms with Crippen molar-refractivity contribution in [1.29, 1.82) is 5.26 Å². The van der Waals surface area contributed by atoms with Crippen LogP contribution in [0, 0.1) is 17.2 Å². The van der Waals surface area contributed by atoms with Gasteiger partial charge in [0.25, 0.3) is 5.89 Å². The van der Waals surface area contributed by atoms with E-state index < -0.39 is 24.1 Å². The van der Waals surface area contributed by atoms with Crippen molar-refractivity contribution in [2.75, 3.05) is 13.2 Å². The second kappa shape index (κ2) is 11.9. The van der Waals surface area contributed by atoms with Crippen molar-refractivity contribution in [3.63, 3.8) is 0 Å². The minimum absolute atomic E-state index is 0.0667. The van der Waals surface area contributed by atoms with E-state index in [1.54, 1.807) is 43.9 Å². The second-order valence-electron chi connectivity index (χ2n) is 11.0. The van der Waals surface area contributed by atoms with Crippen LogP contribution in [0.25, 0.3) is 22.8 Å². The Balaban J connectivity index is 1.51. The van der Waals surface area contributed by atoms with Crippen LogP contribution >= 0.6 is 0 Å². The van der Waals surface area contributed by atoms with Crippen LogP contribution < -0.4 is 4.74 Å². The lowest BCUT2D eigenvalue weighted by atomic mass is 9.93. The third-order valence-electron chi connectivity index (χ3n) is 6.36. The lowest BCUT2D eigenvalue weighted by molar-refractivity contribution is -0.159. The Bertz CT molecular complexity index is 1430. The summed E-state index contributed by atoms with van der Waals surface area (Å²) in [5, 5.41) is 23.6. The van der Waals surface area contributed by atoms with E-state index in [0.29, 0.717) is 42.2 Å². The number of hydrogen-bond acceptors (Lipinski definition) is 9. The molecule has 10 nitrogen and oxygen atoms in total. The van der Waals surface area contributed by atoms with Crippen molar-refractivity contribution in [3.05, 3.63) is 53.1 Å². The average Bonchev–Trinajstić information content (AvgIpc) is 3.39. The molecule has 2 aromatic carbocycles. The summed E-state index contributed by atoms with van der Waals surface area (Å²) in [6, 6.07) is 13.0. The van der Waals surface area contributed by atoms with E-state index in [9.17, 15) is 20.0 Å². The third-order valence-corrected chi connectivity index (χ3v) is 6.36. The van der Waals surface area contributed by atoms with Crippen LogP contribution in [-0.2, 0) is 27.3 Å². The SMILES string of the molecule is CC(C)Oc1ccc(-c2nc(-c3cccc4c3CCN(C(=O)[C@H](CO)CC(=O)OC(C)(C)C)C4)no2)cc1C#N. The minimum Gasteiger partial charge on any atom is -0.490 e. The lowest BCUT2D eigenvalue weighted by Gasteiger charge is -2.32. The van der Waals surface area contributed by atoms with Crippen molar-refractivity contribution in [2.24, 2.45) is 5.92 Å². The van der Waals surface area contributed by atoms with Crippen molar-refractivity contribution in [1.82, 2.24) is 15.0 Å². The molecule has 0 saturated carbocycles. The molecule has 40 heavy (non-hydrogen) atoms. The molecule has 210 valence electrons. The number of esters is 1. The van der Waals surface area contributed by atoms with Crippen molar-refractivity contribution < 1.29 is 28.7 Å². The predicted molar refractivity (Wildman–Crippen MR) is 146 cm³/mol. The average molecular weight is 547 g/mol. The van der Waals surface area contributed by atoms with Gasteiger partial charge in [-0.05, 0) is 70.4 Å². The lowest BCUT2D eigenvalue weighted by Crippen LogP contribution is -2.42. The van der Waals surface area contributed by atoms with Gasteiger partial charge in [-0.3, -0.25) is 9.59 Å². The van der Waals surface area contributed by atoms with E-state index in [-0.39, 0.29) is 24.3 Å². The third kappa shape index (κ3) is 6.66. The van der Waals surface area contributed by atoms with Gasteiger partial charge in [0, 0.05) is 24.2 Å². The zero-order valence-corrected chi connectivity index (χ0v) is 23.4. The van der Waals surface area contributed by atoms with Crippen LogP contribution in [0.4, 0.5) is 0 Å². The largest absolute Gasteiger partial charge is 0.490 e. The summed E-state index contributed by atoms with van der Waals surface area (Å²) in [5.41, 5.74) is 3.05. The van der Waals surface area contributed by atoms with Crippen LogP contribution in [0.3, 0.4) is 0 Å². The van der Waals surface area contributed by atoms with E-state index in [2.05, 4.69) is 16.2 Å². The molecule has 4 rings (SSSR count). The number of carbonyl (C=O) groups is 2. The Morgan fingerprint density at radius 2 is 2.00 bits per heavy atom. The number of carbonyl (C=O) groups excluding carboxylic acids is 2. The number of amides is 1. The van der Waals surface area contributed by atoms with Crippen molar-refractivity contribution >= 4 is 11.9 Å². The Kier molecular flexibility index (Phi) is 8.55. The maximum absolute atomic E-state index is 13.2. The molecule has 2 heterocycles. The maximum atomic E-state index is 13.2. The molecule has 1 N–H and O–H groups in total. The molecule has 3 aromatic rings. The monoisotopic (exact) mass is 546 g/mol. The van der Waals surface area contributed by atoms with Gasteiger partial charge >= 0.3 is 5.97 Å². The summed E-state index contributed by atoms with van der Waals surface area (Å²) < 4.78 is 16.6. The molecule has 1 atom stereocenters. The fraction of sp³-hybridized carbons (Fsp3) is 0.433. The molecule has 1 aliphatic rings. The van der Waals surface area contributed by atoms with Gasteiger partial charge in [-0.2, -0.15) is 10.2 Å². The topological polar surface area (TPSA) is 139 Å². The van der Waals surface area contributed by atoms with Gasteiger partial charge in [0.05, 0.1) is 30.6 Å². The zero-order valence-electron chi connectivity index (χ0n) is 23.4. The number of ether oxygens (including phenoxy) is 2. The molecule has 1 aromatic heterocycles. The number of aliphatic hydroxyl groups excluding tert-OH is 1. The highest BCUT2D eigenvalue weighted by Crippen LogP contribution is 2.32. The van der Waals surface area contributed by atoms with E-state index in [1.165, 1.54) is 0 Å². The van der Waals surface area contributed by atoms with Gasteiger partial charge in [0.15, 0.2) is 0 Å². The highest BCUT2D eigenvalue weighted by Gasteiger charge is 2.31. The molecule has 10 heteroatoms. The first kappa shape index (κ1) is 28.8. The van der Waals surface area contributed by atoms with E-state index in [4.69, 9.17) is 14.0 Å². The number of aromatic nitrogens is 2. The van der Waals surface area contributed by atoms with Crippen LogP contribution in [0.5, 0.6) is 5.75 Å². The van der Waals surface area contributed by atoms with Gasteiger partial charge in [-0.1, -0.05) is 23.4 Å². The summed E-state index contributed by atoms with van der Waals surface area (Å²) in [6.07, 6.45) is 0.300. The second-order valence-corrected chi connectivity index (χ2v) is 11.0. The van der Waals surface area contributed by atoms with Crippen molar-refractivity contribution in [3.8, 4) is 34.7 Å². The van der Waals surface area contributed by atoms with Gasteiger partial charge in [0.2, 0.25) is 11.7 Å². The van der Waals surface area contributed by atoms with Crippen LogP contribution in [0.1, 0.15) is 57.7 Å². The number of nitrogens with zero attached hydrogens (tertiary/aromatic N) is 4. The molecular formula is C30H34N4O6. The molecule has 0 fully saturated rings. The van der Waals surface area contributed by atoms with E-state index in [1.807, 2.05) is 32.0 Å². The smallest absolute Gasteiger partial charge is 0.307 e. The minimum atomic E-state index is -0.866. The molecule has 1 aliphatic heterocycles. The van der Waals surface area contributed by atoms with Gasteiger partial charge in [-0.15, -0.1) is 0 Å². The summed E-state index contributed by atoms with van der Waals surface area (Å²) in [7, 11) is 0. The maximum Gasteiger partial charge on any atom is 0.307 e. The van der Waals surface area contributed by atoms with Crippen LogP contribution in [-0.4, -0.2) is 56.9 Å². The highest BCUT2D eigenvalue weighted by atomic mass is 16.6. The van der Waals surface area contributed by atoms with Gasteiger partial charge < -0.3 is 24.0 Å². The molecule has 1 amide bonds. The molecule has 0 spiro atoms. The number of fused-ring (bicyclic) bond motifs is 1. The number of nitriles is 1. The van der Waals surface area contributed by atoms with E-state index in [0.717, 1.165) is 16.7 Å². The number of hydrogen-bond donors (Lipinski definition) is 1. The first-order valence-electron chi connectivity index (χ1n) is 13.3.